The summed E-state index contributed by atoms with van der Waals surface area (Å²) in [4.78, 5) is 0. The minimum Gasteiger partial charge on any atom is -0.348 e. The van der Waals surface area contributed by atoms with Crippen LogP contribution in [-0.2, 0) is 18.9 Å². The van der Waals surface area contributed by atoms with Crippen molar-refractivity contribution >= 4 is 0 Å². The highest BCUT2D eigenvalue weighted by molar-refractivity contribution is 5.24. The Labute approximate surface area is 175 Å². The average molecular weight is 403 g/mol. The zero-order valence-electron chi connectivity index (χ0n) is 18.5. The van der Waals surface area contributed by atoms with E-state index in [4.69, 9.17) is 18.9 Å². The lowest BCUT2D eigenvalue weighted by Gasteiger charge is -2.63. The van der Waals surface area contributed by atoms with E-state index in [1.807, 2.05) is 0 Å². The summed E-state index contributed by atoms with van der Waals surface area (Å²) in [6.07, 6.45) is 12.0. The third-order valence-electron chi connectivity index (χ3n) is 10.5. The molecular formula is C25H38O4. The number of fused-ring (bicyclic) bond motifs is 6. The number of rotatable bonds is 0. The molecule has 0 bridgehead atoms. The van der Waals surface area contributed by atoms with Crippen LogP contribution in [-0.4, -0.2) is 38.0 Å². The molecule has 0 aromatic carbocycles. The summed E-state index contributed by atoms with van der Waals surface area (Å²) in [5, 5.41) is 0. The van der Waals surface area contributed by atoms with Gasteiger partial charge in [0.2, 0.25) is 0 Å². The second-order valence-electron chi connectivity index (χ2n) is 11.3. The molecule has 162 valence electrons. The summed E-state index contributed by atoms with van der Waals surface area (Å²) in [6, 6.07) is 0. The molecule has 6 fully saturated rings. The first-order chi connectivity index (χ1) is 14.0. The second-order valence-corrected chi connectivity index (χ2v) is 11.3. The van der Waals surface area contributed by atoms with Gasteiger partial charge in [0.1, 0.15) is 0 Å². The molecule has 29 heavy (non-hydrogen) atoms. The van der Waals surface area contributed by atoms with E-state index in [0.717, 1.165) is 63.4 Å². The van der Waals surface area contributed by atoms with E-state index in [2.05, 4.69) is 26.8 Å². The van der Waals surface area contributed by atoms with E-state index in [-0.39, 0.29) is 17.0 Å². The van der Waals surface area contributed by atoms with Gasteiger partial charge in [0, 0.05) is 24.7 Å². The van der Waals surface area contributed by atoms with Crippen LogP contribution >= 0.6 is 0 Å². The minimum atomic E-state index is -0.294. The largest absolute Gasteiger partial charge is 0.348 e. The fourth-order valence-corrected chi connectivity index (χ4v) is 9.05. The number of hydrogen-bond donors (Lipinski definition) is 0. The van der Waals surface area contributed by atoms with Gasteiger partial charge in [-0.25, -0.2) is 0 Å². The van der Waals surface area contributed by atoms with Crippen LogP contribution in [0.4, 0.5) is 0 Å². The Morgan fingerprint density at radius 3 is 2.24 bits per heavy atom. The fourth-order valence-electron chi connectivity index (χ4n) is 9.05. The molecule has 4 heteroatoms. The summed E-state index contributed by atoms with van der Waals surface area (Å²) < 4.78 is 25.0. The van der Waals surface area contributed by atoms with E-state index < -0.39 is 0 Å². The molecule has 0 amide bonds. The number of hydrogen-bond acceptors (Lipinski definition) is 4. The van der Waals surface area contributed by atoms with Crippen LogP contribution in [0.1, 0.15) is 72.1 Å². The van der Waals surface area contributed by atoms with Gasteiger partial charge < -0.3 is 18.9 Å². The van der Waals surface area contributed by atoms with E-state index in [0.29, 0.717) is 11.3 Å². The molecular weight excluding hydrogens is 364 g/mol. The quantitative estimate of drug-likeness (QED) is 0.530. The molecule has 0 radical (unpaired) electrons. The summed E-state index contributed by atoms with van der Waals surface area (Å²) in [5.74, 6) is 2.33. The van der Waals surface area contributed by atoms with Crippen molar-refractivity contribution in [1.29, 1.82) is 0 Å². The van der Waals surface area contributed by atoms with Gasteiger partial charge in [-0.3, -0.25) is 0 Å². The van der Waals surface area contributed by atoms with Crippen molar-refractivity contribution in [2.75, 3.05) is 26.4 Å². The zero-order chi connectivity index (χ0) is 19.9. The van der Waals surface area contributed by atoms with Crippen molar-refractivity contribution in [3.8, 4) is 0 Å². The second kappa shape index (κ2) is 6.31. The number of allylic oxidation sites excluding steroid dienone is 2. The molecule has 1 unspecified atom stereocenters. The Bertz CT molecular complexity index is 704. The third-order valence-corrected chi connectivity index (χ3v) is 10.5. The average Bonchev–Trinajstić information content (AvgIpc) is 3.44. The molecule has 4 aliphatic carbocycles. The highest BCUT2D eigenvalue weighted by Gasteiger charge is 2.68. The summed E-state index contributed by atoms with van der Waals surface area (Å²) in [6.45, 7) is 10.4. The fraction of sp³-hybridized carbons (Fsp3) is 0.920. The van der Waals surface area contributed by atoms with Gasteiger partial charge in [-0.05, 0) is 68.1 Å². The van der Waals surface area contributed by atoms with Gasteiger partial charge in [0.15, 0.2) is 11.6 Å². The standard InChI is InChI=1S/C25H38O4/c1-4-17-15-18-19(22(2)9-10-24(16-21(17)22)26-11-12-27-24)5-7-23(3)20(18)6-8-25(23)28-13-14-29-25/h4,18-21H,5-16H2,1-3H3/t18-,19+,20+,21?,22-,23+/m1/s1. The van der Waals surface area contributed by atoms with Crippen LogP contribution in [0.15, 0.2) is 11.6 Å². The minimum absolute atomic E-state index is 0.181. The van der Waals surface area contributed by atoms with Crippen molar-refractivity contribution in [3.05, 3.63) is 11.6 Å². The third kappa shape index (κ3) is 2.41. The van der Waals surface area contributed by atoms with Gasteiger partial charge in [0.05, 0.1) is 26.4 Å². The first-order valence-electron chi connectivity index (χ1n) is 12.2. The Morgan fingerprint density at radius 2 is 1.52 bits per heavy atom. The topological polar surface area (TPSA) is 36.9 Å². The van der Waals surface area contributed by atoms with Gasteiger partial charge in [-0.2, -0.15) is 0 Å². The van der Waals surface area contributed by atoms with E-state index in [1.165, 1.54) is 32.1 Å². The SMILES string of the molecule is CC=C1C[C@@H]2[C@H](CC[C@@]3(C)[C@H]2CCC32OCCO2)[C@@]2(C)CCC3(CC12)OCCO3. The molecule has 0 aromatic rings. The molecule has 2 aliphatic heterocycles. The van der Waals surface area contributed by atoms with Crippen molar-refractivity contribution in [3.63, 3.8) is 0 Å². The van der Waals surface area contributed by atoms with E-state index >= 15 is 0 Å². The Morgan fingerprint density at radius 1 is 0.828 bits per heavy atom. The lowest BCUT2D eigenvalue weighted by Crippen LogP contribution is -2.59. The van der Waals surface area contributed by atoms with Crippen molar-refractivity contribution < 1.29 is 18.9 Å². The molecule has 0 N–H and O–H groups in total. The highest BCUT2D eigenvalue weighted by atomic mass is 16.7. The van der Waals surface area contributed by atoms with Crippen LogP contribution in [0.2, 0.25) is 0 Å². The lowest BCUT2D eigenvalue weighted by molar-refractivity contribution is -0.252. The summed E-state index contributed by atoms with van der Waals surface area (Å²) in [5.41, 5.74) is 2.23. The molecule has 6 aliphatic rings. The van der Waals surface area contributed by atoms with Crippen LogP contribution in [0.25, 0.3) is 0 Å². The predicted octanol–water partition coefficient (Wildman–Crippen LogP) is 5.07. The van der Waals surface area contributed by atoms with Crippen molar-refractivity contribution in [2.24, 2.45) is 34.5 Å². The Kier molecular flexibility index (Phi) is 4.19. The maximum absolute atomic E-state index is 6.33. The molecule has 4 saturated carbocycles. The Hall–Kier alpha value is -0.420. The maximum atomic E-state index is 6.33. The van der Waals surface area contributed by atoms with Crippen LogP contribution < -0.4 is 0 Å². The molecule has 2 heterocycles. The first kappa shape index (κ1) is 19.3. The first-order valence-corrected chi connectivity index (χ1v) is 12.2. The van der Waals surface area contributed by atoms with Gasteiger partial charge >= 0.3 is 0 Å². The number of ether oxygens (including phenoxy) is 4. The van der Waals surface area contributed by atoms with E-state index in [9.17, 15) is 0 Å². The van der Waals surface area contributed by atoms with Crippen LogP contribution in [0, 0.1) is 34.5 Å². The molecule has 4 nitrogen and oxygen atoms in total. The molecule has 0 aromatic heterocycles. The van der Waals surface area contributed by atoms with Crippen LogP contribution in [0.3, 0.4) is 0 Å². The van der Waals surface area contributed by atoms with Crippen molar-refractivity contribution in [2.45, 2.75) is 83.7 Å². The zero-order valence-corrected chi connectivity index (χ0v) is 18.5. The molecule has 2 saturated heterocycles. The van der Waals surface area contributed by atoms with Gasteiger partial charge in [-0.1, -0.05) is 25.5 Å². The molecule has 2 spiro atoms. The predicted molar refractivity (Wildman–Crippen MR) is 110 cm³/mol. The lowest BCUT2D eigenvalue weighted by atomic mass is 9.43. The summed E-state index contributed by atoms with van der Waals surface area (Å²) >= 11 is 0. The maximum Gasteiger partial charge on any atom is 0.174 e. The molecule has 6 atom stereocenters. The van der Waals surface area contributed by atoms with Crippen molar-refractivity contribution in [1.82, 2.24) is 0 Å². The summed E-state index contributed by atoms with van der Waals surface area (Å²) in [7, 11) is 0. The monoisotopic (exact) mass is 402 g/mol. The highest BCUT2D eigenvalue weighted by Crippen LogP contribution is 2.71. The van der Waals surface area contributed by atoms with Crippen LogP contribution in [0.5, 0.6) is 0 Å². The Balaban J connectivity index is 1.34. The van der Waals surface area contributed by atoms with E-state index in [1.54, 1.807) is 5.57 Å². The smallest absolute Gasteiger partial charge is 0.174 e. The molecule has 6 rings (SSSR count). The van der Waals surface area contributed by atoms with Gasteiger partial charge in [0.25, 0.3) is 0 Å². The normalized spacial score (nSPS) is 51.3. The van der Waals surface area contributed by atoms with Gasteiger partial charge in [-0.15, -0.1) is 0 Å².